The summed E-state index contributed by atoms with van der Waals surface area (Å²) in [5.41, 5.74) is 0.865. The number of hydrogen-bond acceptors (Lipinski definition) is 5. The smallest absolute Gasteiger partial charge is 0.239 e. The molecule has 1 atom stereocenters. The molecule has 8 heteroatoms. The molecule has 3 rings (SSSR count). The van der Waals surface area contributed by atoms with Crippen molar-refractivity contribution in [1.29, 1.82) is 0 Å². The van der Waals surface area contributed by atoms with E-state index >= 15 is 0 Å². The molecule has 0 aliphatic carbocycles. The predicted octanol–water partition coefficient (Wildman–Crippen LogP) is 3.75. The molecule has 0 bridgehead atoms. The lowest BCUT2D eigenvalue weighted by atomic mass is 10.1. The number of rotatable bonds is 4. The van der Waals surface area contributed by atoms with Crippen LogP contribution < -0.4 is 5.32 Å². The topological polar surface area (TPSA) is 67.0 Å². The molecule has 1 aliphatic heterocycles. The van der Waals surface area contributed by atoms with Crippen LogP contribution in [0.1, 0.15) is 11.3 Å². The Morgan fingerprint density at radius 3 is 2.96 bits per heavy atom. The largest absolute Gasteiger partial charge is 0.463 e. The molecule has 2 aromatic rings. The van der Waals surface area contributed by atoms with Gasteiger partial charge in [0.1, 0.15) is 5.76 Å². The Morgan fingerprint density at radius 1 is 1.35 bits per heavy atom. The average Bonchev–Trinajstić information content (AvgIpc) is 3.13. The number of benzene rings is 1. The third kappa shape index (κ3) is 4.16. The maximum absolute atomic E-state index is 12.0. The molecule has 0 spiro atoms. The first-order chi connectivity index (χ1) is 11.1. The fraction of sp³-hybridized carbons (Fsp3) is 0.133. The Morgan fingerprint density at radius 2 is 2.22 bits per heavy atom. The quantitative estimate of drug-likeness (QED) is 0.660. The van der Waals surface area contributed by atoms with Gasteiger partial charge in [0, 0.05) is 10.0 Å². The van der Waals surface area contributed by atoms with Crippen LogP contribution in [-0.2, 0) is 11.2 Å². The molecular formula is C15H11Cl2N3O2S. The molecule has 0 saturated carbocycles. The highest BCUT2D eigenvalue weighted by Gasteiger charge is 2.30. The van der Waals surface area contributed by atoms with Crippen molar-refractivity contribution in [3.05, 3.63) is 58.0 Å². The number of amides is 1. The second-order valence-electron chi connectivity index (χ2n) is 4.70. The fourth-order valence-corrected chi connectivity index (χ4v) is 3.41. The molecule has 2 heterocycles. The van der Waals surface area contributed by atoms with Crippen molar-refractivity contribution in [3.63, 3.8) is 0 Å². The molecule has 5 nitrogen and oxygen atoms in total. The van der Waals surface area contributed by atoms with E-state index in [-0.39, 0.29) is 11.2 Å². The molecule has 1 saturated heterocycles. The third-order valence-corrected chi connectivity index (χ3v) is 4.73. The molecule has 1 aromatic carbocycles. The summed E-state index contributed by atoms with van der Waals surface area (Å²) in [7, 11) is 0. The number of nitrogens with one attached hydrogen (secondary N) is 1. The lowest BCUT2D eigenvalue weighted by Gasteiger charge is -2.07. The van der Waals surface area contributed by atoms with Gasteiger partial charge in [-0.25, -0.2) is 0 Å². The summed E-state index contributed by atoms with van der Waals surface area (Å²) in [5, 5.41) is 11.8. The minimum absolute atomic E-state index is 0.118. The van der Waals surface area contributed by atoms with E-state index < -0.39 is 0 Å². The van der Waals surface area contributed by atoms with Gasteiger partial charge < -0.3 is 9.73 Å². The van der Waals surface area contributed by atoms with E-state index in [1.54, 1.807) is 30.5 Å². The normalized spacial score (nSPS) is 19.7. The molecular weight excluding hydrogens is 357 g/mol. The summed E-state index contributed by atoms with van der Waals surface area (Å²) in [6, 6.07) is 8.76. The Hall–Kier alpha value is -1.76. The van der Waals surface area contributed by atoms with Crippen molar-refractivity contribution in [2.24, 2.45) is 10.2 Å². The van der Waals surface area contributed by atoms with Gasteiger partial charge in [0.05, 0.1) is 17.7 Å². The first kappa shape index (κ1) is 16.1. The number of amidine groups is 1. The first-order valence-electron chi connectivity index (χ1n) is 6.68. The highest BCUT2D eigenvalue weighted by molar-refractivity contribution is 8.15. The standard InChI is InChI=1S/C15H11Cl2N3O2S/c16-10-4-3-9(12(17)7-10)6-13-14(21)19-15(23-13)20-18-8-11-2-1-5-22-11/h1-5,7-8,13H,6H2,(H,19,20,21)/b18-8+. The zero-order valence-electron chi connectivity index (χ0n) is 11.7. The number of thioether (sulfide) groups is 1. The Bertz CT molecular complexity index is 775. The van der Waals surface area contributed by atoms with Crippen LogP contribution in [0.3, 0.4) is 0 Å². The van der Waals surface area contributed by atoms with Gasteiger partial charge in [-0.3, -0.25) is 4.79 Å². The summed E-state index contributed by atoms with van der Waals surface area (Å²) < 4.78 is 5.10. The number of nitrogens with zero attached hydrogens (tertiary/aromatic N) is 2. The van der Waals surface area contributed by atoms with E-state index in [9.17, 15) is 4.79 Å². The summed E-state index contributed by atoms with van der Waals surface area (Å²) in [6.45, 7) is 0. The third-order valence-electron chi connectivity index (χ3n) is 3.07. The SMILES string of the molecule is O=C1N/C(=N/N=C/c2ccco2)SC1Cc1ccc(Cl)cc1Cl. The number of hydrogen-bond donors (Lipinski definition) is 1. The summed E-state index contributed by atoms with van der Waals surface area (Å²) in [4.78, 5) is 12.0. The molecule has 1 N–H and O–H groups in total. The number of carbonyl (C=O) groups excluding carboxylic acids is 1. The molecule has 1 aliphatic rings. The summed E-state index contributed by atoms with van der Waals surface area (Å²) in [5.74, 6) is 0.473. The van der Waals surface area contributed by atoms with Gasteiger partial charge in [-0.2, -0.15) is 5.10 Å². The highest BCUT2D eigenvalue weighted by Crippen LogP contribution is 2.28. The van der Waals surface area contributed by atoms with Crippen LogP contribution in [0.25, 0.3) is 0 Å². The van der Waals surface area contributed by atoms with Crippen molar-refractivity contribution in [1.82, 2.24) is 5.32 Å². The average molecular weight is 368 g/mol. The molecule has 1 amide bonds. The van der Waals surface area contributed by atoms with Crippen LogP contribution in [-0.4, -0.2) is 22.5 Å². The Kier molecular flexibility index (Phi) is 5.05. The molecule has 23 heavy (non-hydrogen) atoms. The van der Waals surface area contributed by atoms with Gasteiger partial charge in [0.15, 0.2) is 5.17 Å². The summed E-state index contributed by atoms with van der Waals surface area (Å²) >= 11 is 13.3. The molecule has 0 radical (unpaired) electrons. The molecule has 1 unspecified atom stereocenters. The van der Waals surface area contributed by atoms with Gasteiger partial charge in [0.25, 0.3) is 0 Å². The molecule has 118 valence electrons. The van der Waals surface area contributed by atoms with E-state index in [1.807, 2.05) is 6.07 Å². The van der Waals surface area contributed by atoms with Gasteiger partial charge in [-0.05, 0) is 36.2 Å². The van der Waals surface area contributed by atoms with Gasteiger partial charge in [0.2, 0.25) is 5.91 Å². The van der Waals surface area contributed by atoms with E-state index in [0.29, 0.717) is 27.4 Å². The number of carbonyl (C=O) groups is 1. The van der Waals surface area contributed by atoms with Gasteiger partial charge in [-0.15, -0.1) is 5.10 Å². The van der Waals surface area contributed by atoms with Crippen LogP contribution in [0, 0.1) is 0 Å². The van der Waals surface area contributed by atoms with Crippen molar-refractivity contribution >= 4 is 52.3 Å². The monoisotopic (exact) mass is 367 g/mol. The number of furan rings is 1. The zero-order valence-corrected chi connectivity index (χ0v) is 14.0. The predicted molar refractivity (Wildman–Crippen MR) is 93.4 cm³/mol. The Balaban J connectivity index is 1.65. The van der Waals surface area contributed by atoms with Crippen LogP contribution in [0.15, 0.2) is 51.2 Å². The van der Waals surface area contributed by atoms with Crippen LogP contribution in [0.5, 0.6) is 0 Å². The van der Waals surface area contributed by atoms with Crippen LogP contribution in [0.4, 0.5) is 0 Å². The van der Waals surface area contributed by atoms with E-state index in [1.165, 1.54) is 18.0 Å². The van der Waals surface area contributed by atoms with Crippen molar-refractivity contribution in [2.75, 3.05) is 0 Å². The summed E-state index contributed by atoms with van der Waals surface area (Å²) in [6.07, 6.45) is 3.52. The minimum atomic E-state index is -0.300. The molecule has 1 fully saturated rings. The second kappa shape index (κ2) is 7.21. The Labute approximate surface area is 146 Å². The molecule has 1 aromatic heterocycles. The van der Waals surface area contributed by atoms with Crippen LogP contribution in [0.2, 0.25) is 10.0 Å². The highest BCUT2D eigenvalue weighted by atomic mass is 35.5. The van der Waals surface area contributed by atoms with Gasteiger partial charge in [-0.1, -0.05) is 41.0 Å². The number of halogens is 2. The fourth-order valence-electron chi connectivity index (χ4n) is 1.98. The van der Waals surface area contributed by atoms with Crippen molar-refractivity contribution in [2.45, 2.75) is 11.7 Å². The zero-order chi connectivity index (χ0) is 16.2. The van der Waals surface area contributed by atoms with Crippen molar-refractivity contribution in [3.8, 4) is 0 Å². The van der Waals surface area contributed by atoms with Gasteiger partial charge >= 0.3 is 0 Å². The van der Waals surface area contributed by atoms with E-state index in [0.717, 1.165) is 5.56 Å². The second-order valence-corrected chi connectivity index (χ2v) is 6.74. The maximum Gasteiger partial charge on any atom is 0.239 e. The maximum atomic E-state index is 12.0. The van der Waals surface area contributed by atoms with E-state index in [2.05, 4.69) is 15.5 Å². The van der Waals surface area contributed by atoms with Crippen LogP contribution >= 0.6 is 35.0 Å². The van der Waals surface area contributed by atoms with E-state index in [4.69, 9.17) is 27.6 Å². The lowest BCUT2D eigenvalue weighted by Crippen LogP contribution is -2.26. The van der Waals surface area contributed by atoms with Crippen molar-refractivity contribution < 1.29 is 9.21 Å². The first-order valence-corrected chi connectivity index (χ1v) is 8.31. The lowest BCUT2D eigenvalue weighted by molar-refractivity contribution is -0.118. The minimum Gasteiger partial charge on any atom is -0.463 e.